The second-order valence-corrected chi connectivity index (χ2v) is 11.0. The quantitative estimate of drug-likeness (QED) is 0.351. The van der Waals surface area contributed by atoms with Gasteiger partial charge in [-0.05, 0) is 51.5 Å². The van der Waals surface area contributed by atoms with Crippen LogP contribution in [0.3, 0.4) is 0 Å². The summed E-state index contributed by atoms with van der Waals surface area (Å²) in [4.78, 5) is 19.6. The fraction of sp³-hybridized carbons (Fsp3) is 0.538. The van der Waals surface area contributed by atoms with Crippen molar-refractivity contribution in [1.29, 1.82) is 0 Å². The summed E-state index contributed by atoms with van der Waals surface area (Å²) in [6.07, 6.45) is 9.10. The lowest BCUT2D eigenvalue weighted by molar-refractivity contribution is -0.0710. The Bertz CT molecular complexity index is 1070. The van der Waals surface area contributed by atoms with Crippen LogP contribution >= 0.6 is 11.8 Å². The minimum atomic E-state index is -0.226. The first-order chi connectivity index (χ1) is 14.9. The molecule has 5 heteroatoms. The highest BCUT2D eigenvalue weighted by Gasteiger charge is 2.45. The lowest BCUT2D eigenvalue weighted by Gasteiger charge is -2.40. The van der Waals surface area contributed by atoms with E-state index in [1.165, 1.54) is 18.4 Å². The number of thioether (sulfide) groups is 1. The van der Waals surface area contributed by atoms with Crippen LogP contribution in [0.5, 0.6) is 0 Å². The smallest absolute Gasteiger partial charge is 0.258 e. The number of hydrogen-bond donors (Lipinski definition) is 0. The Hall–Kier alpha value is -1.85. The van der Waals surface area contributed by atoms with E-state index >= 15 is 0 Å². The third-order valence-corrected chi connectivity index (χ3v) is 8.29. The van der Waals surface area contributed by atoms with E-state index in [0.29, 0.717) is 6.61 Å². The van der Waals surface area contributed by atoms with Gasteiger partial charge in [-0.3, -0.25) is 9.36 Å². The van der Waals surface area contributed by atoms with Crippen LogP contribution in [0.2, 0.25) is 0 Å². The van der Waals surface area contributed by atoms with Gasteiger partial charge in [0, 0.05) is 29.4 Å². The highest BCUT2D eigenvalue weighted by molar-refractivity contribution is 7.99. The first-order valence-corrected chi connectivity index (χ1v) is 12.6. The van der Waals surface area contributed by atoms with Crippen molar-refractivity contribution >= 4 is 11.8 Å². The number of hydrogen-bond acceptors (Lipinski definition) is 4. The van der Waals surface area contributed by atoms with E-state index in [2.05, 4.69) is 44.7 Å². The van der Waals surface area contributed by atoms with E-state index in [9.17, 15) is 4.79 Å². The zero-order valence-corrected chi connectivity index (χ0v) is 19.5. The molecule has 1 saturated carbocycles. The second-order valence-electron chi connectivity index (χ2n) is 9.97. The normalized spacial score (nSPS) is 23.4. The van der Waals surface area contributed by atoms with E-state index in [1.807, 2.05) is 10.6 Å². The summed E-state index contributed by atoms with van der Waals surface area (Å²) < 4.78 is 8.00. The lowest BCUT2D eigenvalue weighted by atomic mass is 9.68. The van der Waals surface area contributed by atoms with Gasteiger partial charge < -0.3 is 4.74 Å². The van der Waals surface area contributed by atoms with Crippen molar-refractivity contribution < 1.29 is 4.74 Å². The van der Waals surface area contributed by atoms with Crippen molar-refractivity contribution in [2.75, 3.05) is 12.4 Å². The lowest BCUT2D eigenvalue weighted by Crippen LogP contribution is -2.44. The van der Waals surface area contributed by atoms with Crippen LogP contribution in [0.15, 0.2) is 46.9 Å². The van der Waals surface area contributed by atoms with Gasteiger partial charge in [-0.1, -0.05) is 54.9 Å². The first kappa shape index (κ1) is 21.0. The zero-order valence-electron chi connectivity index (χ0n) is 18.7. The number of fused-ring (bicyclic) bond motifs is 4. The third-order valence-electron chi connectivity index (χ3n) is 7.34. The van der Waals surface area contributed by atoms with Gasteiger partial charge in [-0.25, -0.2) is 4.98 Å². The molecule has 2 heterocycles. The standard InChI is InChI=1S/C26H32N2O2S/c1-4-15-31-24-27-22-20-10-6-5-9-18(20)16-26(12-7-8-13-26)21(22)23(29)28(24)19-11-14-30-25(2,3)17-19/h4-6,9-10,19H,1,7-8,11-17H2,2-3H3. The predicted molar refractivity (Wildman–Crippen MR) is 127 cm³/mol. The van der Waals surface area contributed by atoms with Crippen LogP contribution in [0.4, 0.5) is 0 Å². The monoisotopic (exact) mass is 436 g/mol. The van der Waals surface area contributed by atoms with E-state index in [4.69, 9.17) is 9.72 Å². The van der Waals surface area contributed by atoms with Gasteiger partial charge in [0.05, 0.1) is 16.9 Å². The molecule has 0 radical (unpaired) electrons. The Morgan fingerprint density at radius 1 is 1.29 bits per heavy atom. The van der Waals surface area contributed by atoms with Crippen molar-refractivity contribution in [2.45, 2.75) is 81.0 Å². The topological polar surface area (TPSA) is 44.1 Å². The molecule has 2 aromatic rings. The maximum Gasteiger partial charge on any atom is 0.258 e. The van der Waals surface area contributed by atoms with E-state index < -0.39 is 0 Å². The van der Waals surface area contributed by atoms with Gasteiger partial charge in [-0.2, -0.15) is 0 Å². The molecule has 2 fully saturated rings. The van der Waals surface area contributed by atoms with Crippen LogP contribution in [-0.2, 0) is 16.6 Å². The van der Waals surface area contributed by atoms with Gasteiger partial charge in [0.1, 0.15) is 0 Å². The van der Waals surface area contributed by atoms with Gasteiger partial charge in [0.15, 0.2) is 5.16 Å². The number of nitrogens with zero attached hydrogens (tertiary/aromatic N) is 2. The molecule has 1 unspecified atom stereocenters. The summed E-state index contributed by atoms with van der Waals surface area (Å²) in [5, 5.41) is 0.830. The van der Waals surface area contributed by atoms with Gasteiger partial charge >= 0.3 is 0 Å². The molecule has 1 saturated heterocycles. The van der Waals surface area contributed by atoms with Gasteiger partial charge in [-0.15, -0.1) is 6.58 Å². The summed E-state index contributed by atoms with van der Waals surface area (Å²) in [5.41, 5.74) is 4.31. The van der Waals surface area contributed by atoms with Crippen LogP contribution in [-0.4, -0.2) is 27.5 Å². The summed E-state index contributed by atoms with van der Waals surface area (Å²) in [5.74, 6) is 0.741. The van der Waals surface area contributed by atoms with E-state index in [1.54, 1.807) is 11.8 Å². The Kier molecular flexibility index (Phi) is 5.38. The Morgan fingerprint density at radius 2 is 2.06 bits per heavy atom. The summed E-state index contributed by atoms with van der Waals surface area (Å²) in [6.45, 7) is 8.82. The molecule has 31 heavy (non-hydrogen) atoms. The van der Waals surface area contributed by atoms with Crippen molar-refractivity contribution in [2.24, 2.45) is 0 Å². The van der Waals surface area contributed by atoms with E-state index in [-0.39, 0.29) is 22.6 Å². The minimum Gasteiger partial charge on any atom is -0.375 e. The Balaban J connectivity index is 1.75. The van der Waals surface area contributed by atoms with E-state index in [0.717, 1.165) is 59.8 Å². The minimum absolute atomic E-state index is 0.0577. The average Bonchev–Trinajstić information content (AvgIpc) is 3.19. The molecule has 3 aliphatic rings. The second kappa shape index (κ2) is 7.93. The zero-order chi connectivity index (χ0) is 21.6. The molecule has 5 rings (SSSR count). The third kappa shape index (κ3) is 3.60. The van der Waals surface area contributed by atoms with Crippen molar-refractivity contribution in [1.82, 2.24) is 9.55 Å². The number of rotatable bonds is 4. The molecule has 1 aromatic carbocycles. The number of ether oxygens (including phenoxy) is 1. The first-order valence-electron chi connectivity index (χ1n) is 11.6. The maximum atomic E-state index is 14.3. The molecule has 164 valence electrons. The summed E-state index contributed by atoms with van der Waals surface area (Å²) in [6, 6.07) is 8.68. The molecule has 1 atom stereocenters. The largest absolute Gasteiger partial charge is 0.375 e. The summed E-state index contributed by atoms with van der Waals surface area (Å²) in [7, 11) is 0. The van der Waals surface area contributed by atoms with Crippen molar-refractivity contribution in [3.8, 4) is 11.3 Å². The van der Waals surface area contributed by atoms with Crippen LogP contribution in [0.1, 0.15) is 69.5 Å². The predicted octanol–water partition coefficient (Wildman–Crippen LogP) is 5.69. The molecule has 0 amide bonds. The highest BCUT2D eigenvalue weighted by atomic mass is 32.2. The van der Waals surface area contributed by atoms with Crippen LogP contribution < -0.4 is 5.56 Å². The molecule has 0 bridgehead atoms. The summed E-state index contributed by atoms with van der Waals surface area (Å²) >= 11 is 1.63. The fourth-order valence-electron chi connectivity index (χ4n) is 6.00. The average molecular weight is 437 g/mol. The fourth-order valence-corrected chi connectivity index (χ4v) is 6.80. The molecule has 4 nitrogen and oxygen atoms in total. The van der Waals surface area contributed by atoms with Crippen LogP contribution in [0.25, 0.3) is 11.3 Å². The SMILES string of the molecule is C=CCSc1nc2c(c(=O)n1C1CCOC(C)(C)C1)C1(CCCC1)Cc1ccccc1-2. The highest BCUT2D eigenvalue weighted by Crippen LogP contribution is 2.50. The Morgan fingerprint density at radius 3 is 2.81 bits per heavy atom. The molecular formula is C26H32N2O2S. The molecule has 1 aromatic heterocycles. The van der Waals surface area contributed by atoms with Crippen LogP contribution in [0, 0.1) is 0 Å². The molecular weight excluding hydrogens is 404 g/mol. The number of aromatic nitrogens is 2. The number of benzene rings is 1. The van der Waals surface area contributed by atoms with Crippen molar-refractivity contribution in [3.63, 3.8) is 0 Å². The molecule has 2 aliphatic carbocycles. The molecule has 0 N–H and O–H groups in total. The molecule has 1 spiro atoms. The van der Waals surface area contributed by atoms with Gasteiger partial charge in [0.2, 0.25) is 0 Å². The molecule has 1 aliphatic heterocycles. The Labute approximate surface area is 189 Å². The van der Waals surface area contributed by atoms with Gasteiger partial charge in [0.25, 0.3) is 5.56 Å². The van der Waals surface area contributed by atoms with Crippen molar-refractivity contribution in [3.05, 3.63) is 58.4 Å². The maximum absolute atomic E-state index is 14.3.